The van der Waals surface area contributed by atoms with E-state index in [2.05, 4.69) is 4.74 Å². The van der Waals surface area contributed by atoms with Crippen LogP contribution in [-0.2, 0) is 23.7 Å². The highest BCUT2D eigenvalue weighted by atomic mass is 32.2. The molecule has 0 aliphatic carbocycles. The van der Waals surface area contributed by atoms with Gasteiger partial charge in [0.05, 0.1) is 19.5 Å². The molecule has 1 saturated heterocycles. The first-order valence-corrected chi connectivity index (χ1v) is 5.40. The van der Waals surface area contributed by atoms with Gasteiger partial charge in [-0.3, -0.25) is 0 Å². The van der Waals surface area contributed by atoms with Crippen molar-refractivity contribution in [2.75, 3.05) is 19.5 Å². The van der Waals surface area contributed by atoms with E-state index in [1.165, 1.54) is 18.9 Å². The highest BCUT2D eigenvalue weighted by molar-refractivity contribution is 8.00. The number of esters is 1. The highest BCUT2D eigenvalue weighted by Gasteiger charge is 2.34. The van der Waals surface area contributed by atoms with Gasteiger partial charge in [-0.25, -0.2) is 9.59 Å². The van der Waals surface area contributed by atoms with Crippen LogP contribution in [0.4, 0.5) is 4.79 Å². The molecule has 1 aliphatic heterocycles. The van der Waals surface area contributed by atoms with Crippen LogP contribution in [0.1, 0.15) is 6.92 Å². The molecule has 0 radical (unpaired) electrons. The zero-order valence-corrected chi connectivity index (χ0v) is 9.24. The van der Waals surface area contributed by atoms with Crippen molar-refractivity contribution in [3.8, 4) is 0 Å². The van der Waals surface area contributed by atoms with Gasteiger partial charge in [-0.1, -0.05) is 0 Å². The van der Waals surface area contributed by atoms with Crippen molar-refractivity contribution in [2.45, 2.75) is 18.6 Å². The van der Waals surface area contributed by atoms with Gasteiger partial charge in [-0.05, 0) is 6.92 Å². The molecule has 86 valence electrons. The van der Waals surface area contributed by atoms with Gasteiger partial charge in [0.25, 0.3) is 0 Å². The quantitative estimate of drug-likeness (QED) is 0.669. The Bertz CT molecular complexity index is 243. The maximum atomic E-state index is 11.2. The van der Waals surface area contributed by atoms with Crippen LogP contribution in [0.5, 0.6) is 0 Å². The maximum absolute atomic E-state index is 11.2. The van der Waals surface area contributed by atoms with E-state index in [0.717, 1.165) is 0 Å². The summed E-state index contributed by atoms with van der Waals surface area (Å²) in [5, 5.41) is 0. The Morgan fingerprint density at radius 3 is 2.87 bits per heavy atom. The number of carbonyl (C=O) groups is 2. The molecule has 0 saturated carbocycles. The van der Waals surface area contributed by atoms with Gasteiger partial charge in [0.15, 0.2) is 0 Å². The second-order valence-electron chi connectivity index (χ2n) is 2.55. The van der Waals surface area contributed by atoms with Crippen molar-refractivity contribution in [2.24, 2.45) is 0 Å². The normalized spacial score (nSPS) is 24.7. The number of hydrogen-bond acceptors (Lipinski definition) is 7. The average molecular weight is 236 g/mol. The van der Waals surface area contributed by atoms with E-state index >= 15 is 0 Å². The molecular weight excluding hydrogens is 224 g/mol. The predicted molar refractivity (Wildman–Crippen MR) is 51.2 cm³/mol. The fourth-order valence-corrected chi connectivity index (χ4v) is 1.82. The molecule has 1 rings (SSSR count). The van der Waals surface area contributed by atoms with Crippen LogP contribution < -0.4 is 0 Å². The van der Waals surface area contributed by atoms with Crippen LogP contribution in [0.15, 0.2) is 0 Å². The summed E-state index contributed by atoms with van der Waals surface area (Å²) in [6.45, 7) is 2.00. The van der Waals surface area contributed by atoms with Crippen molar-refractivity contribution in [3.63, 3.8) is 0 Å². The number of thioether (sulfide) groups is 1. The Morgan fingerprint density at radius 2 is 2.27 bits per heavy atom. The van der Waals surface area contributed by atoms with Crippen molar-refractivity contribution in [3.05, 3.63) is 0 Å². The van der Waals surface area contributed by atoms with Crippen LogP contribution in [0.25, 0.3) is 0 Å². The molecular formula is C8H12O6S. The van der Waals surface area contributed by atoms with Crippen molar-refractivity contribution in [1.82, 2.24) is 0 Å². The van der Waals surface area contributed by atoms with Gasteiger partial charge >= 0.3 is 12.1 Å². The third-order valence-electron chi connectivity index (χ3n) is 1.53. The predicted octanol–water partition coefficient (Wildman–Crippen LogP) is 0.748. The average Bonchev–Trinajstić information content (AvgIpc) is 2.66. The molecule has 1 fully saturated rings. The van der Waals surface area contributed by atoms with Crippen LogP contribution in [0, 0.1) is 0 Å². The number of carbonyl (C=O) groups excluding carboxylic acids is 2. The zero-order chi connectivity index (χ0) is 11.3. The lowest BCUT2D eigenvalue weighted by atomic mass is 10.7. The zero-order valence-electron chi connectivity index (χ0n) is 8.43. The summed E-state index contributed by atoms with van der Waals surface area (Å²) < 4.78 is 18.9. The standard InChI is InChI=1S/C8H12O6S/c1-3-12-6(9)7-13-5(4-15-7)14-8(10)11-2/h5,7H,3-4H2,1-2H3. The van der Waals surface area contributed by atoms with Gasteiger partial charge in [-0.2, -0.15) is 0 Å². The van der Waals surface area contributed by atoms with Gasteiger partial charge < -0.3 is 18.9 Å². The van der Waals surface area contributed by atoms with Crippen molar-refractivity contribution in [1.29, 1.82) is 0 Å². The van der Waals surface area contributed by atoms with E-state index in [4.69, 9.17) is 14.2 Å². The number of ether oxygens (including phenoxy) is 4. The first-order valence-electron chi connectivity index (χ1n) is 4.35. The molecule has 6 nitrogen and oxygen atoms in total. The molecule has 0 amide bonds. The minimum atomic E-state index is -0.829. The Labute approximate surface area is 91.2 Å². The molecule has 0 N–H and O–H groups in total. The van der Waals surface area contributed by atoms with E-state index in [9.17, 15) is 9.59 Å². The second-order valence-corrected chi connectivity index (χ2v) is 3.65. The van der Waals surface area contributed by atoms with Crippen LogP contribution in [-0.4, -0.2) is 43.3 Å². The van der Waals surface area contributed by atoms with Crippen LogP contribution >= 0.6 is 11.8 Å². The lowest BCUT2D eigenvalue weighted by Gasteiger charge is -2.11. The summed E-state index contributed by atoms with van der Waals surface area (Å²) >= 11 is 1.22. The molecule has 15 heavy (non-hydrogen) atoms. The van der Waals surface area contributed by atoms with E-state index in [-0.39, 0.29) is 0 Å². The maximum Gasteiger partial charge on any atom is 0.510 e. The third-order valence-corrected chi connectivity index (χ3v) is 2.60. The first-order chi connectivity index (χ1) is 7.17. The lowest BCUT2D eigenvalue weighted by molar-refractivity contribution is -0.162. The molecule has 0 spiro atoms. The number of rotatable bonds is 3. The molecule has 0 aromatic rings. The number of methoxy groups -OCH3 is 1. The molecule has 7 heteroatoms. The topological polar surface area (TPSA) is 71.1 Å². The summed E-state index contributed by atoms with van der Waals surface area (Å²) in [5.41, 5.74) is -0.723. The highest BCUT2D eigenvalue weighted by Crippen LogP contribution is 2.26. The molecule has 1 aliphatic rings. The summed E-state index contributed by atoms with van der Waals surface area (Å²) in [6, 6.07) is 0. The molecule has 0 bridgehead atoms. The number of hydrogen-bond donors (Lipinski definition) is 0. The molecule has 2 unspecified atom stereocenters. The minimum absolute atomic E-state index is 0.293. The third kappa shape index (κ3) is 3.60. The minimum Gasteiger partial charge on any atom is -0.463 e. The Hall–Kier alpha value is -0.950. The van der Waals surface area contributed by atoms with E-state index in [1.54, 1.807) is 6.92 Å². The summed E-state index contributed by atoms with van der Waals surface area (Å²) in [5.74, 6) is -0.0723. The summed E-state index contributed by atoms with van der Waals surface area (Å²) in [6.07, 6.45) is -1.58. The smallest absolute Gasteiger partial charge is 0.463 e. The van der Waals surface area contributed by atoms with Crippen LogP contribution in [0.2, 0.25) is 0 Å². The largest absolute Gasteiger partial charge is 0.510 e. The Morgan fingerprint density at radius 1 is 1.53 bits per heavy atom. The summed E-state index contributed by atoms with van der Waals surface area (Å²) in [4.78, 5) is 21.9. The van der Waals surface area contributed by atoms with Gasteiger partial charge in [-0.15, -0.1) is 11.8 Å². The van der Waals surface area contributed by atoms with Gasteiger partial charge in [0.2, 0.25) is 11.7 Å². The molecule has 2 atom stereocenters. The van der Waals surface area contributed by atoms with Crippen molar-refractivity contribution < 1.29 is 28.5 Å². The molecule has 0 aromatic heterocycles. The first kappa shape index (κ1) is 12.1. The SMILES string of the molecule is CCOC(=O)C1OC(OC(=O)OC)CS1. The van der Waals surface area contributed by atoms with E-state index in [0.29, 0.717) is 12.4 Å². The Kier molecular flexibility index (Phi) is 4.70. The van der Waals surface area contributed by atoms with Gasteiger partial charge in [0, 0.05) is 0 Å². The monoisotopic (exact) mass is 236 g/mol. The fraction of sp³-hybridized carbons (Fsp3) is 0.750. The summed E-state index contributed by atoms with van der Waals surface area (Å²) in [7, 11) is 1.20. The second kappa shape index (κ2) is 5.82. The van der Waals surface area contributed by atoms with E-state index in [1.807, 2.05) is 0 Å². The lowest BCUT2D eigenvalue weighted by Crippen LogP contribution is -2.25. The van der Waals surface area contributed by atoms with E-state index < -0.39 is 23.9 Å². The van der Waals surface area contributed by atoms with Crippen LogP contribution in [0.3, 0.4) is 0 Å². The Balaban J connectivity index is 2.32. The fourth-order valence-electron chi connectivity index (χ4n) is 0.934. The van der Waals surface area contributed by atoms with Gasteiger partial charge in [0.1, 0.15) is 0 Å². The van der Waals surface area contributed by atoms with Crippen molar-refractivity contribution >= 4 is 23.9 Å². The molecule has 1 heterocycles. The molecule has 0 aromatic carbocycles.